The van der Waals surface area contributed by atoms with Crippen LogP contribution in [0.4, 0.5) is 0 Å². The van der Waals surface area contributed by atoms with Crippen LogP contribution >= 0.6 is 0 Å². The maximum absolute atomic E-state index is 13.4. The van der Waals surface area contributed by atoms with Gasteiger partial charge in [-0.05, 0) is 54.3 Å². The Labute approximate surface area is 195 Å². The van der Waals surface area contributed by atoms with Crippen LogP contribution in [0.25, 0.3) is 0 Å². The first-order valence-electron chi connectivity index (χ1n) is 11.1. The Bertz CT molecular complexity index is 1200. The molecule has 168 valence electrons. The van der Waals surface area contributed by atoms with Gasteiger partial charge in [-0.25, -0.2) is 0 Å². The second-order valence-corrected chi connectivity index (χ2v) is 8.20. The van der Waals surface area contributed by atoms with Crippen molar-refractivity contribution in [1.82, 2.24) is 4.57 Å². The molecule has 1 atom stereocenters. The van der Waals surface area contributed by atoms with Gasteiger partial charge in [-0.1, -0.05) is 72.8 Å². The molecular formula is C29H29NO3. The van der Waals surface area contributed by atoms with E-state index in [-0.39, 0.29) is 12.6 Å². The van der Waals surface area contributed by atoms with Crippen LogP contribution in [-0.2, 0) is 22.7 Å². The smallest absolute Gasteiger partial charge is 0.318 e. The fourth-order valence-electron chi connectivity index (χ4n) is 4.18. The van der Waals surface area contributed by atoms with Crippen LogP contribution in [0.15, 0.2) is 91.0 Å². The van der Waals surface area contributed by atoms with Crippen molar-refractivity contribution in [3.63, 3.8) is 0 Å². The molecule has 0 saturated heterocycles. The minimum absolute atomic E-state index is 0.245. The monoisotopic (exact) mass is 439 g/mol. The first-order valence-corrected chi connectivity index (χ1v) is 11.1. The van der Waals surface area contributed by atoms with E-state index in [1.165, 1.54) is 5.56 Å². The Morgan fingerprint density at radius 2 is 1.45 bits per heavy atom. The first-order chi connectivity index (χ1) is 16.1. The quantitative estimate of drug-likeness (QED) is 0.314. The first kappa shape index (κ1) is 22.4. The van der Waals surface area contributed by atoms with Gasteiger partial charge in [0.1, 0.15) is 18.3 Å². The van der Waals surface area contributed by atoms with Crippen molar-refractivity contribution in [3.05, 3.63) is 125 Å². The molecule has 33 heavy (non-hydrogen) atoms. The fraction of sp³-hybridized carbons (Fsp3) is 0.207. The van der Waals surface area contributed by atoms with Crippen LogP contribution in [-0.4, -0.2) is 17.6 Å². The molecule has 3 aromatic carbocycles. The van der Waals surface area contributed by atoms with Gasteiger partial charge in [0, 0.05) is 17.9 Å². The van der Waals surface area contributed by atoms with E-state index in [1.807, 2.05) is 72.8 Å². The average molecular weight is 440 g/mol. The number of carbonyl (C=O) groups is 1. The number of ether oxygens (including phenoxy) is 2. The lowest BCUT2D eigenvalue weighted by Crippen LogP contribution is -2.18. The molecule has 1 aromatic heterocycles. The van der Waals surface area contributed by atoms with Crippen LogP contribution in [0.3, 0.4) is 0 Å². The van der Waals surface area contributed by atoms with Crippen molar-refractivity contribution >= 4 is 5.97 Å². The molecule has 0 spiro atoms. The molecule has 0 bridgehead atoms. The number of hydrogen-bond donors (Lipinski definition) is 0. The Hall–Kier alpha value is -3.79. The third-order valence-corrected chi connectivity index (χ3v) is 6.02. The second kappa shape index (κ2) is 10.2. The van der Waals surface area contributed by atoms with E-state index in [0.717, 1.165) is 40.4 Å². The molecule has 1 unspecified atom stereocenters. The van der Waals surface area contributed by atoms with Crippen molar-refractivity contribution in [2.24, 2.45) is 0 Å². The lowest BCUT2D eigenvalue weighted by atomic mass is 9.91. The van der Waals surface area contributed by atoms with Crippen molar-refractivity contribution in [2.45, 2.75) is 32.9 Å². The Morgan fingerprint density at radius 3 is 2.06 bits per heavy atom. The molecule has 0 N–H and O–H groups in total. The summed E-state index contributed by atoms with van der Waals surface area (Å²) in [5, 5.41) is 0. The summed E-state index contributed by atoms with van der Waals surface area (Å²) in [7, 11) is 1.64. The standard InChI is InChI=1S/C29H29NO3/c1-21-18-27(22(2)30(21)19-23-10-6-4-7-11-23)28(25-14-16-26(32-3)17-15-25)29(31)33-20-24-12-8-5-9-13-24/h4-18,28H,19-20H2,1-3H3. The van der Waals surface area contributed by atoms with E-state index in [2.05, 4.69) is 36.6 Å². The molecule has 0 radical (unpaired) electrons. The fourth-order valence-corrected chi connectivity index (χ4v) is 4.18. The molecule has 0 fully saturated rings. The molecule has 0 aliphatic rings. The number of aryl methyl sites for hydroxylation is 1. The van der Waals surface area contributed by atoms with Gasteiger partial charge in [-0.2, -0.15) is 0 Å². The third kappa shape index (κ3) is 5.17. The van der Waals surface area contributed by atoms with Crippen LogP contribution in [0, 0.1) is 13.8 Å². The summed E-state index contributed by atoms with van der Waals surface area (Å²) in [5.74, 6) is -0.0241. The SMILES string of the molecule is COc1ccc(C(C(=O)OCc2ccccc2)c2cc(C)n(Cc3ccccc3)c2C)cc1. The minimum Gasteiger partial charge on any atom is -0.497 e. The largest absolute Gasteiger partial charge is 0.497 e. The maximum atomic E-state index is 13.4. The molecular weight excluding hydrogens is 410 g/mol. The number of methoxy groups -OCH3 is 1. The van der Waals surface area contributed by atoms with Crippen LogP contribution in [0.2, 0.25) is 0 Å². The van der Waals surface area contributed by atoms with Crippen LogP contribution < -0.4 is 4.74 Å². The average Bonchev–Trinajstić information content (AvgIpc) is 3.12. The molecule has 4 nitrogen and oxygen atoms in total. The zero-order valence-electron chi connectivity index (χ0n) is 19.3. The third-order valence-electron chi connectivity index (χ3n) is 6.02. The molecule has 0 aliphatic carbocycles. The topological polar surface area (TPSA) is 40.5 Å². The second-order valence-electron chi connectivity index (χ2n) is 8.20. The van der Waals surface area contributed by atoms with Gasteiger partial charge in [-0.15, -0.1) is 0 Å². The highest BCUT2D eigenvalue weighted by atomic mass is 16.5. The summed E-state index contributed by atoms with van der Waals surface area (Å²) >= 11 is 0. The molecule has 0 aliphatic heterocycles. The Balaban J connectivity index is 1.68. The van der Waals surface area contributed by atoms with E-state index in [1.54, 1.807) is 7.11 Å². The number of esters is 1. The summed E-state index contributed by atoms with van der Waals surface area (Å²) in [6, 6.07) is 29.9. The summed E-state index contributed by atoms with van der Waals surface area (Å²) < 4.78 is 13.4. The highest BCUT2D eigenvalue weighted by Gasteiger charge is 2.28. The highest BCUT2D eigenvalue weighted by Crippen LogP contribution is 2.32. The molecule has 1 heterocycles. The Morgan fingerprint density at radius 1 is 0.848 bits per heavy atom. The number of nitrogens with zero attached hydrogens (tertiary/aromatic N) is 1. The summed E-state index contributed by atoms with van der Waals surface area (Å²) in [6.07, 6.45) is 0. The molecule has 4 rings (SSSR count). The van der Waals surface area contributed by atoms with Crippen LogP contribution in [0.5, 0.6) is 5.75 Å². The molecule has 0 saturated carbocycles. The molecule has 0 amide bonds. The van der Waals surface area contributed by atoms with E-state index in [0.29, 0.717) is 0 Å². The number of carbonyl (C=O) groups excluding carboxylic acids is 1. The molecule has 4 heteroatoms. The zero-order valence-corrected chi connectivity index (χ0v) is 19.3. The van der Waals surface area contributed by atoms with E-state index in [9.17, 15) is 4.79 Å². The predicted octanol–water partition coefficient (Wildman–Crippen LogP) is 6.04. The van der Waals surface area contributed by atoms with E-state index < -0.39 is 5.92 Å². The van der Waals surface area contributed by atoms with E-state index in [4.69, 9.17) is 9.47 Å². The number of hydrogen-bond acceptors (Lipinski definition) is 3. The van der Waals surface area contributed by atoms with Gasteiger partial charge in [0.2, 0.25) is 0 Å². The maximum Gasteiger partial charge on any atom is 0.318 e. The van der Waals surface area contributed by atoms with Gasteiger partial charge in [0.25, 0.3) is 0 Å². The normalized spacial score (nSPS) is 11.7. The molecule has 4 aromatic rings. The minimum atomic E-state index is -0.518. The zero-order chi connectivity index (χ0) is 23.2. The van der Waals surface area contributed by atoms with Crippen molar-refractivity contribution in [1.29, 1.82) is 0 Å². The van der Waals surface area contributed by atoms with Crippen molar-refractivity contribution < 1.29 is 14.3 Å². The predicted molar refractivity (Wildman–Crippen MR) is 131 cm³/mol. The van der Waals surface area contributed by atoms with Gasteiger partial charge < -0.3 is 14.0 Å². The summed E-state index contributed by atoms with van der Waals surface area (Å²) in [4.78, 5) is 13.4. The van der Waals surface area contributed by atoms with Crippen molar-refractivity contribution in [3.8, 4) is 5.75 Å². The van der Waals surface area contributed by atoms with Crippen LogP contribution in [0.1, 0.15) is 39.6 Å². The number of rotatable bonds is 8. The number of aromatic nitrogens is 1. The van der Waals surface area contributed by atoms with Gasteiger partial charge in [0.15, 0.2) is 0 Å². The Kier molecular flexibility index (Phi) is 6.94. The lowest BCUT2D eigenvalue weighted by molar-refractivity contribution is -0.145. The highest BCUT2D eigenvalue weighted by molar-refractivity contribution is 5.83. The van der Waals surface area contributed by atoms with E-state index >= 15 is 0 Å². The number of benzene rings is 3. The van der Waals surface area contributed by atoms with Gasteiger partial charge in [-0.3, -0.25) is 4.79 Å². The van der Waals surface area contributed by atoms with Gasteiger partial charge >= 0.3 is 5.97 Å². The lowest BCUT2D eigenvalue weighted by Gasteiger charge is -2.18. The summed E-state index contributed by atoms with van der Waals surface area (Å²) in [5.41, 5.74) is 6.21. The van der Waals surface area contributed by atoms with Gasteiger partial charge in [0.05, 0.1) is 7.11 Å². The summed E-state index contributed by atoms with van der Waals surface area (Å²) in [6.45, 7) is 5.16. The van der Waals surface area contributed by atoms with Crippen molar-refractivity contribution in [2.75, 3.05) is 7.11 Å².